The molecule has 0 saturated heterocycles. The summed E-state index contributed by atoms with van der Waals surface area (Å²) in [6.07, 6.45) is 0. The first-order valence-corrected chi connectivity index (χ1v) is 9.17. The molecule has 0 unspecified atom stereocenters. The number of carbonyl (C=O) groups is 2. The first-order chi connectivity index (χ1) is 14.3. The van der Waals surface area contributed by atoms with E-state index < -0.39 is 28.3 Å². The van der Waals surface area contributed by atoms with Crippen molar-refractivity contribution in [1.29, 1.82) is 0 Å². The molecule has 10 nitrogen and oxygen atoms in total. The SMILES string of the molecule is CCOC(=O)C(C(=O)OCC)c1ccc(-c2ccc([N+](=O)[O-])cc2COC)[nH]c1=O. The number of nitrogens with zero attached hydrogens (tertiary/aromatic N) is 1. The minimum absolute atomic E-state index is 0.0356. The maximum absolute atomic E-state index is 12.7. The van der Waals surface area contributed by atoms with Crippen LogP contribution in [0.25, 0.3) is 11.3 Å². The quantitative estimate of drug-likeness (QED) is 0.283. The fourth-order valence-corrected chi connectivity index (χ4v) is 2.90. The predicted molar refractivity (Wildman–Crippen MR) is 106 cm³/mol. The molecule has 1 heterocycles. The zero-order valence-electron chi connectivity index (χ0n) is 16.8. The van der Waals surface area contributed by atoms with Crippen LogP contribution in [0.2, 0.25) is 0 Å². The van der Waals surface area contributed by atoms with E-state index in [1.54, 1.807) is 13.8 Å². The number of rotatable bonds is 9. The maximum Gasteiger partial charge on any atom is 0.325 e. The van der Waals surface area contributed by atoms with E-state index in [0.717, 1.165) is 0 Å². The van der Waals surface area contributed by atoms with Crippen molar-refractivity contribution >= 4 is 17.6 Å². The summed E-state index contributed by atoms with van der Waals surface area (Å²) in [5, 5.41) is 11.0. The Kier molecular flexibility index (Phi) is 7.82. The minimum atomic E-state index is -1.52. The Hall–Kier alpha value is -3.53. The molecular weight excluding hydrogens is 396 g/mol. The van der Waals surface area contributed by atoms with Gasteiger partial charge in [-0.2, -0.15) is 0 Å². The third-order valence-corrected chi connectivity index (χ3v) is 4.19. The Morgan fingerprint density at radius 1 is 1.10 bits per heavy atom. The van der Waals surface area contributed by atoms with Gasteiger partial charge in [0.15, 0.2) is 5.92 Å². The van der Waals surface area contributed by atoms with Gasteiger partial charge in [0, 0.05) is 36.1 Å². The highest BCUT2D eigenvalue weighted by Gasteiger charge is 2.33. The van der Waals surface area contributed by atoms with Crippen molar-refractivity contribution in [3.8, 4) is 11.3 Å². The van der Waals surface area contributed by atoms with Crippen LogP contribution >= 0.6 is 0 Å². The van der Waals surface area contributed by atoms with Gasteiger partial charge in [-0.3, -0.25) is 24.5 Å². The number of aromatic amines is 1. The summed E-state index contributed by atoms with van der Waals surface area (Å²) in [6.45, 7) is 3.32. The molecule has 0 aliphatic carbocycles. The summed E-state index contributed by atoms with van der Waals surface area (Å²) >= 11 is 0. The Balaban J connectivity index is 2.52. The Morgan fingerprint density at radius 2 is 1.73 bits per heavy atom. The number of non-ortho nitro benzene ring substituents is 1. The fraction of sp³-hybridized carbons (Fsp3) is 0.350. The van der Waals surface area contributed by atoms with E-state index in [1.807, 2.05) is 0 Å². The van der Waals surface area contributed by atoms with Crippen LogP contribution in [-0.2, 0) is 30.4 Å². The van der Waals surface area contributed by atoms with Crippen LogP contribution in [0.3, 0.4) is 0 Å². The summed E-state index contributed by atoms with van der Waals surface area (Å²) < 4.78 is 14.9. The molecule has 2 rings (SSSR count). The van der Waals surface area contributed by atoms with Crippen LogP contribution in [-0.4, -0.2) is 42.2 Å². The zero-order chi connectivity index (χ0) is 22.3. The van der Waals surface area contributed by atoms with Gasteiger partial charge in [-0.15, -0.1) is 0 Å². The summed E-state index contributed by atoms with van der Waals surface area (Å²) in [7, 11) is 1.44. The normalized spacial score (nSPS) is 10.7. The van der Waals surface area contributed by atoms with Crippen molar-refractivity contribution in [3.63, 3.8) is 0 Å². The predicted octanol–water partition coefficient (Wildman–Crippen LogP) is 2.31. The molecule has 1 aromatic carbocycles. The third kappa shape index (κ3) is 5.09. The Morgan fingerprint density at radius 3 is 2.23 bits per heavy atom. The van der Waals surface area contributed by atoms with Gasteiger partial charge in [0.1, 0.15) is 0 Å². The lowest BCUT2D eigenvalue weighted by Gasteiger charge is -2.15. The number of hydrogen-bond acceptors (Lipinski definition) is 8. The van der Waals surface area contributed by atoms with Gasteiger partial charge in [0.2, 0.25) is 0 Å². The highest BCUT2D eigenvalue weighted by atomic mass is 16.6. The number of benzene rings is 1. The van der Waals surface area contributed by atoms with E-state index in [9.17, 15) is 24.5 Å². The summed E-state index contributed by atoms with van der Waals surface area (Å²) in [5.41, 5.74) is 0.426. The van der Waals surface area contributed by atoms with Gasteiger partial charge in [0.05, 0.1) is 24.7 Å². The number of ether oxygens (including phenoxy) is 3. The molecule has 0 saturated carbocycles. The van der Waals surface area contributed by atoms with Crippen LogP contribution < -0.4 is 5.56 Å². The molecule has 0 aliphatic heterocycles. The van der Waals surface area contributed by atoms with Gasteiger partial charge in [-0.1, -0.05) is 0 Å². The number of methoxy groups -OCH3 is 1. The average Bonchev–Trinajstić information content (AvgIpc) is 2.70. The molecule has 1 N–H and O–H groups in total. The van der Waals surface area contributed by atoms with E-state index in [0.29, 0.717) is 16.8 Å². The van der Waals surface area contributed by atoms with Gasteiger partial charge in [0.25, 0.3) is 11.2 Å². The zero-order valence-corrected chi connectivity index (χ0v) is 16.8. The van der Waals surface area contributed by atoms with Crippen molar-refractivity contribution in [2.45, 2.75) is 26.4 Å². The molecule has 1 aromatic heterocycles. The van der Waals surface area contributed by atoms with Crippen molar-refractivity contribution < 1.29 is 28.7 Å². The average molecular weight is 418 g/mol. The molecule has 0 radical (unpaired) electrons. The first-order valence-electron chi connectivity index (χ1n) is 9.17. The van der Waals surface area contributed by atoms with E-state index in [-0.39, 0.29) is 31.1 Å². The molecule has 0 atom stereocenters. The van der Waals surface area contributed by atoms with Crippen LogP contribution in [0.4, 0.5) is 5.69 Å². The number of nitro groups is 1. The van der Waals surface area contributed by atoms with E-state index in [2.05, 4.69) is 4.98 Å². The third-order valence-electron chi connectivity index (χ3n) is 4.19. The fourth-order valence-electron chi connectivity index (χ4n) is 2.90. The van der Waals surface area contributed by atoms with Crippen LogP contribution in [0.5, 0.6) is 0 Å². The molecule has 2 aromatic rings. The van der Waals surface area contributed by atoms with Gasteiger partial charge in [-0.05, 0) is 37.6 Å². The smallest absolute Gasteiger partial charge is 0.325 e. The van der Waals surface area contributed by atoms with Crippen LogP contribution in [0, 0.1) is 10.1 Å². The first kappa shape index (κ1) is 22.8. The van der Waals surface area contributed by atoms with Crippen LogP contribution in [0.1, 0.15) is 30.9 Å². The number of nitro benzene ring substituents is 1. The molecule has 0 amide bonds. The maximum atomic E-state index is 12.7. The minimum Gasteiger partial charge on any atom is -0.465 e. The highest BCUT2D eigenvalue weighted by molar-refractivity contribution is 6.00. The molecule has 30 heavy (non-hydrogen) atoms. The van der Waals surface area contributed by atoms with Gasteiger partial charge in [-0.25, -0.2) is 0 Å². The summed E-state index contributed by atoms with van der Waals surface area (Å²) in [6, 6.07) is 6.99. The second kappa shape index (κ2) is 10.3. The van der Waals surface area contributed by atoms with Crippen molar-refractivity contribution in [2.75, 3.05) is 20.3 Å². The van der Waals surface area contributed by atoms with Gasteiger partial charge >= 0.3 is 11.9 Å². The number of pyridine rings is 1. The second-order valence-electron chi connectivity index (χ2n) is 6.13. The van der Waals surface area contributed by atoms with Crippen molar-refractivity contribution in [2.24, 2.45) is 0 Å². The summed E-state index contributed by atoms with van der Waals surface area (Å²) in [4.78, 5) is 50.3. The molecule has 0 spiro atoms. The van der Waals surface area contributed by atoms with Crippen molar-refractivity contribution in [3.05, 3.63) is 61.9 Å². The number of esters is 2. The number of nitrogens with one attached hydrogen (secondary N) is 1. The molecule has 0 fully saturated rings. The largest absolute Gasteiger partial charge is 0.465 e. The lowest BCUT2D eigenvalue weighted by molar-refractivity contribution is -0.384. The topological polar surface area (TPSA) is 138 Å². The molecular formula is C20H22N2O8. The number of aromatic nitrogens is 1. The second-order valence-corrected chi connectivity index (χ2v) is 6.13. The monoisotopic (exact) mass is 418 g/mol. The Bertz CT molecular complexity index is 981. The number of H-pyrrole nitrogens is 1. The van der Waals surface area contributed by atoms with E-state index >= 15 is 0 Å². The number of carbonyl (C=O) groups excluding carboxylic acids is 2. The lowest BCUT2D eigenvalue weighted by atomic mass is 9.98. The van der Waals surface area contributed by atoms with E-state index in [1.165, 1.54) is 37.4 Å². The Labute approximate surface area is 171 Å². The standard InChI is InChI=1S/C20H22N2O8/c1-4-29-19(24)17(20(25)30-5-2)15-8-9-16(21-18(15)23)14-7-6-13(22(26)27)10-12(14)11-28-3/h6-10,17H,4-5,11H2,1-3H3,(H,21,23). The van der Waals surface area contributed by atoms with Crippen molar-refractivity contribution in [1.82, 2.24) is 4.98 Å². The molecule has 10 heteroatoms. The molecule has 0 aliphatic rings. The van der Waals surface area contributed by atoms with E-state index in [4.69, 9.17) is 14.2 Å². The van der Waals surface area contributed by atoms with Gasteiger partial charge < -0.3 is 19.2 Å². The highest BCUT2D eigenvalue weighted by Crippen LogP contribution is 2.27. The van der Waals surface area contributed by atoms with Crippen LogP contribution in [0.15, 0.2) is 35.1 Å². The summed E-state index contributed by atoms with van der Waals surface area (Å²) in [5.74, 6) is -3.28. The number of hydrogen-bond donors (Lipinski definition) is 1. The molecule has 0 bridgehead atoms. The lowest BCUT2D eigenvalue weighted by Crippen LogP contribution is -2.31. The molecule has 160 valence electrons.